The van der Waals surface area contributed by atoms with E-state index >= 15 is 0 Å². The molecule has 76 valence electrons. The number of hydrogen-bond acceptors (Lipinski definition) is 3. The quantitative estimate of drug-likeness (QED) is 0.803. The van der Waals surface area contributed by atoms with E-state index in [0.717, 1.165) is 0 Å². The van der Waals surface area contributed by atoms with Gasteiger partial charge < -0.3 is 14.8 Å². The van der Waals surface area contributed by atoms with Crippen molar-refractivity contribution >= 4 is 0 Å². The number of ether oxygens (including phenoxy) is 2. The van der Waals surface area contributed by atoms with Gasteiger partial charge in [-0.25, -0.2) is 0 Å². The Morgan fingerprint density at radius 2 is 2.57 bits per heavy atom. The second kappa shape index (κ2) is 3.88. The van der Waals surface area contributed by atoms with E-state index in [1.807, 2.05) is 0 Å². The minimum Gasteiger partial charge on any atom is -0.454 e. The molecule has 0 saturated carbocycles. The third-order valence-electron chi connectivity index (χ3n) is 1.95. The maximum Gasteiger partial charge on any atom is 0.231 e. The van der Waals surface area contributed by atoms with Crippen molar-refractivity contribution < 1.29 is 19.1 Å². The van der Waals surface area contributed by atoms with Crippen molar-refractivity contribution in [2.45, 2.75) is 19.3 Å². The second-order valence-corrected chi connectivity index (χ2v) is 2.92. The Bertz CT molecular complexity index is 546. The Labute approximate surface area is 93.9 Å². The molecular formula is C11H15NO2. The van der Waals surface area contributed by atoms with E-state index in [1.165, 1.54) is 25.2 Å². The van der Waals surface area contributed by atoms with Crippen LogP contribution in [-0.4, -0.2) is 19.8 Å². The first-order chi connectivity index (χ1) is 9.45. The lowest BCUT2D eigenvalue weighted by atomic mass is 10.1. The fraction of sp³-hybridized carbons (Fsp3) is 0.455. The Hall–Kier alpha value is -1.22. The Morgan fingerprint density at radius 1 is 1.71 bits per heavy atom. The van der Waals surface area contributed by atoms with Gasteiger partial charge >= 0.3 is 0 Å². The van der Waals surface area contributed by atoms with E-state index in [1.54, 1.807) is 0 Å². The molecule has 1 aromatic carbocycles. The molecule has 1 aliphatic rings. The summed E-state index contributed by atoms with van der Waals surface area (Å²) in [7, 11) is 1.21. The van der Waals surface area contributed by atoms with Gasteiger partial charge in [0.2, 0.25) is 6.75 Å². The number of nitrogens with one attached hydrogen (secondary N) is 1. The highest BCUT2D eigenvalue weighted by atomic mass is 16.7. The maximum absolute atomic E-state index is 8.07. The van der Waals surface area contributed by atoms with Gasteiger partial charge in [0.25, 0.3) is 0 Å². The van der Waals surface area contributed by atoms with Gasteiger partial charge in [-0.05, 0) is 38.0 Å². The summed E-state index contributed by atoms with van der Waals surface area (Å²) in [6, 6.07) is 2.31. The minimum absolute atomic E-state index is 0.151. The lowest BCUT2D eigenvalue weighted by Crippen LogP contribution is -2.23. The third kappa shape index (κ3) is 1.82. The van der Waals surface area contributed by atoms with Crippen LogP contribution in [0.2, 0.25) is 1.41 Å². The number of likely N-dealkylation sites (N-methyl/N-ethyl adjacent to an activating group) is 1. The molecule has 1 aromatic rings. The summed E-state index contributed by atoms with van der Waals surface area (Å²) in [5.74, 6) is 0.366. The second-order valence-electron chi connectivity index (χ2n) is 2.92. The van der Waals surface area contributed by atoms with Crippen LogP contribution in [0.15, 0.2) is 18.2 Å². The smallest absolute Gasteiger partial charge is 0.231 e. The van der Waals surface area contributed by atoms with Crippen molar-refractivity contribution in [3.05, 3.63) is 23.8 Å². The summed E-state index contributed by atoms with van der Waals surface area (Å²) in [6.45, 7) is -4.93. The summed E-state index contributed by atoms with van der Waals surface area (Å²) in [5.41, 5.74) is 0.445. The molecule has 0 spiro atoms. The molecule has 0 fully saturated rings. The fourth-order valence-corrected chi connectivity index (χ4v) is 1.21. The van der Waals surface area contributed by atoms with Gasteiger partial charge in [-0.2, -0.15) is 0 Å². The molecule has 14 heavy (non-hydrogen) atoms. The highest BCUT2D eigenvalue weighted by molar-refractivity contribution is 5.44. The van der Waals surface area contributed by atoms with Crippen LogP contribution in [0.3, 0.4) is 0 Å². The number of benzene rings is 1. The molecule has 1 N–H and O–H groups in total. The molecule has 0 amide bonds. The van der Waals surface area contributed by atoms with Crippen LogP contribution in [0, 0.1) is 0 Å². The predicted molar refractivity (Wildman–Crippen MR) is 54.8 cm³/mol. The maximum atomic E-state index is 8.07. The summed E-state index contributed by atoms with van der Waals surface area (Å²) in [6.07, 6.45) is -0.233. The SMILES string of the molecule is [2H]N(C)C([2H])(Cc1ccc2c(c1)OC([2H])([2H])O2)C([2H])([2H])[2H]. The first kappa shape index (κ1) is 4.11. The molecule has 0 saturated heterocycles. The number of rotatable bonds is 3. The highest BCUT2D eigenvalue weighted by Gasteiger charge is 2.13. The molecule has 1 atom stereocenters. The molecule has 3 heteroatoms. The highest BCUT2D eigenvalue weighted by Crippen LogP contribution is 2.32. The van der Waals surface area contributed by atoms with Gasteiger partial charge in [-0.15, -0.1) is 0 Å². The standard InChI is InChI=1S/C11H15NO2/c1-8(12-2)5-9-3-4-10-11(6-9)14-7-13-10/h3-4,6,8,12H,5,7H2,1-2H3/i1D3,7D2,8D/hD. The van der Waals surface area contributed by atoms with Crippen molar-refractivity contribution in [1.29, 1.82) is 0 Å². The van der Waals surface area contributed by atoms with Crippen LogP contribution in [-0.2, 0) is 6.42 Å². The zero-order valence-corrected chi connectivity index (χ0v) is 7.70. The molecule has 1 unspecified atom stereocenters. The third-order valence-corrected chi connectivity index (χ3v) is 1.95. The molecule has 3 nitrogen and oxygen atoms in total. The molecule has 0 radical (unpaired) electrons. The molecule has 0 aliphatic carbocycles. The van der Waals surface area contributed by atoms with Crippen molar-refractivity contribution in [1.82, 2.24) is 5.31 Å². The van der Waals surface area contributed by atoms with Crippen molar-refractivity contribution in [3.8, 4) is 11.5 Å². The molecule has 1 aliphatic heterocycles. The molecule has 0 bridgehead atoms. The topological polar surface area (TPSA) is 30.5 Å². The van der Waals surface area contributed by atoms with Gasteiger partial charge in [0, 0.05) is 11.5 Å². The predicted octanol–water partition coefficient (Wildman–Crippen LogP) is 1.57. The van der Waals surface area contributed by atoms with Gasteiger partial charge in [0.1, 0.15) is 4.15 Å². The van der Waals surface area contributed by atoms with Crippen LogP contribution in [0.4, 0.5) is 0 Å². The summed E-state index contributed by atoms with van der Waals surface area (Å²) >= 11 is 0. The molecule has 0 aromatic heterocycles. The van der Waals surface area contributed by atoms with Gasteiger partial charge in [0.05, 0.1) is 0 Å². The van der Waals surface area contributed by atoms with Crippen molar-refractivity contribution in [2.24, 2.45) is 0 Å². The van der Waals surface area contributed by atoms with Crippen molar-refractivity contribution in [3.63, 3.8) is 0 Å². The lowest BCUT2D eigenvalue weighted by molar-refractivity contribution is 0.174. The molecular weight excluding hydrogens is 178 g/mol. The van der Waals surface area contributed by atoms with Crippen LogP contribution in [0.5, 0.6) is 11.5 Å². The zero-order valence-electron chi connectivity index (χ0n) is 14.7. The number of fused-ring (bicyclic) bond motifs is 1. The Morgan fingerprint density at radius 3 is 3.36 bits per heavy atom. The van der Waals surface area contributed by atoms with E-state index in [9.17, 15) is 0 Å². The normalized spacial score (nSPS) is 30.0. The van der Waals surface area contributed by atoms with Gasteiger partial charge in [-0.3, -0.25) is 0 Å². The van der Waals surface area contributed by atoms with Gasteiger partial charge in [0.15, 0.2) is 11.5 Å². The first-order valence-corrected chi connectivity index (χ1v) is 4.18. The average Bonchev–Trinajstić information content (AvgIpc) is 2.60. The first-order valence-electron chi connectivity index (χ1n) is 7.63. The zero-order chi connectivity index (χ0) is 16.1. The lowest BCUT2D eigenvalue weighted by Gasteiger charge is -2.09. The fourth-order valence-electron chi connectivity index (χ4n) is 1.21. The van der Waals surface area contributed by atoms with E-state index in [0.29, 0.717) is 10.9 Å². The van der Waals surface area contributed by atoms with Crippen LogP contribution in [0.1, 0.15) is 20.6 Å². The average molecular weight is 200 g/mol. The van der Waals surface area contributed by atoms with Gasteiger partial charge in [-0.1, -0.05) is 6.07 Å². The van der Waals surface area contributed by atoms with E-state index in [2.05, 4.69) is 0 Å². The van der Waals surface area contributed by atoms with E-state index in [-0.39, 0.29) is 17.9 Å². The number of hydrogen-bond donors (Lipinski definition) is 1. The van der Waals surface area contributed by atoms with E-state index < -0.39 is 19.6 Å². The molecule has 1 heterocycles. The van der Waals surface area contributed by atoms with E-state index in [4.69, 9.17) is 19.1 Å². The summed E-state index contributed by atoms with van der Waals surface area (Å²) in [4.78, 5) is 0. The summed E-state index contributed by atoms with van der Waals surface area (Å²) in [5, 5.41) is 0.601. The van der Waals surface area contributed by atoms with Crippen molar-refractivity contribution in [2.75, 3.05) is 13.8 Å². The van der Waals surface area contributed by atoms with Crippen LogP contribution in [0.25, 0.3) is 0 Å². The van der Waals surface area contributed by atoms with Crippen LogP contribution < -0.4 is 14.8 Å². The monoisotopic (exact) mass is 200 g/mol. The minimum atomic E-state index is -2.67. The molecule has 2 rings (SSSR count). The Balaban J connectivity index is 2.29. The largest absolute Gasteiger partial charge is 0.454 e. The summed E-state index contributed by atoms with van der Waals surface area (Å²) < 4.78 is 62.5. The van der Waals surface area contributed by atoms with Crippen LogP contribution >= 0.6 is 0 Å². The Kier molecular flexibility index (Phi) is 1.14.